The van der Waals surface area contributed by atoms with Gasteiger partial charge in [0.1, 0.15) is 19.0 Å². The van der Waals surface area contributed by atoms with Crippen molar-refractivity contribution in [2.45, 2.75) is 16.4 Å². The summed E-state index contributed by atoms with van der Waals surface area (Å²) in [6.07, 6.45) is 4.45. The summed E-state index contributed by atoms with van der Waals surface area (Å²) >= 11 is 2.61. The molecule has 0 aliphatic heterocycles. The maximum absolute atomic E-state index is 4.33. The van der Waals surface area contributed by atoms with E-state index in [1.54, 1.807) is 0 Å². The molecule has 1 N–H and O–H groups in total. The summed E-state index contributed by atoms with van der Waals surface area (Å²) in [5.74, 6) is 0.889. The average Bonchev–Trinajstić information content (AvgIpc) is 3.11. The fourth-order valence-corrected chi connectivity index (χ4v) is 2.62. The van der Waals surface area contributed by atoms with Crippen LogP contribution in [0.5, 0.6) is 0 Å². The number of anilines is 1. The molecule has 0 aromatic carbocycles. The molecule has 0 radical (unpaired) electrons. The van der Waals surface area contributed by atoms with Crippen LogP contribution in [0.2, 0.25) is 0 Å². The summed E-state index contributed by atoms with van der Waals surface area (Å²) in [6, 6.07) is 0. The highest BCUT2D eigenvalue weighted by Crippen LogP contribution is 2.25. The number of hydrogen-bond donors (Lipinski definition) is 1. The lowest BCUT2D eigenvalue weighted by molar-refractivity contribution is 0.759. The van der Waals surface area contributed by atoms with Gasteiger partial charge in [-0.25, -0.2) is 9.97 Å². The number of rotatable bonds is 5. The third-order valence-electron chi connectivity index (χ3n) is 2.08. The maximum Gasteiger partial charge on any atom is 0.257 e. The molecule has 20 heavy (non-hydrogen) atoms. The molecule has 9 nitrogen and oxygen atoms in total. The summed E-state index contributed by atoms with van der Waals surface area (Å²) in [4.78, 5) is 20.9. The highest BCUT2D eigenvalue weighted by Gasteiger charge is 2.11. The molecule has 3 aromatic heterocycles. The monoisotopic (exact) mass is 307 g/mol. The fraction of sp³-hybridized carbons (Fsp3) is 0.222. The van der Waals surface area contributed by atoms with Crippen molar-refractivity contribution in [2.24, 2.45) is 0 Å². The molecule has 0 saturated heterocycles. The van der Waals surface area contributed by atoms with Crippen LogP contribution in [-0.2, 0) is 0 Å². The van der Waals surface area contributed by atoms with Crippen LogP contribution < -0.4 is 5.32 Å². The van der Waals surface area contributed by atoms with Crippen molar-refractivity contribution in [3.8, 4) is 5.95 Å². The number of aromatic nitrogens is 8. The molecule has 0 saturated carbocycles. The van der Waals surface area contributed by atoms with Crippen LogP contribution in [0.3, 0.4) is 0 Å². The van der Waals surface area contributed by atoms with E-state index in [1.165, 1.54) is 47.0 Å². The standard InChI is InChI=1S/C9H9N9S2/c1-2-11-6-15-7(18-5-10-3-13-18)17-8(16-6)19-9-12-4-14-20-9/h3-5H,2H2,1H3,(H,11,15,16,17). The molecule has 11 heteroatoms. The molecular weight excluding hydrogens is 298 g/mol. The van der Waals surface area contributed by atoms with Gasteiger partial charge in [0, 0.05) is 6.54 Å². The van der Waals surface area contributed by atoms with E-state index in [2.05, 4.69) is 39.7 Å². The van der Waals surface area contributed by atoms with Crippen molar-refractivity contribution in [2.75, 3.05) is 11.9 Å². The summed E-state index contributed by atoms with van der Waals surface area (Å²) in [7, 11) is 0. The van der Waals surface area contributed by atoms with Gasteiger partial charge in [0.05, 0.1) is 0 Å². The fourth-order valence-electron chi connectivity index (χ4n) is 1.33. The Bertz CT molecular complexity index is 667. The summed E-state index contributed by atoms with van der Waals surface area (Å²) in [5, 5.41) is 7.60. The van der Waals surface area contributed by atoms with Crippen LogP contribution in [0.1, 0.15) is 6.92 Å². The third-order valence-corrected chi connectivity index (χ3v) is 3.66. The second-order valence-corrected chi connectivity index (χ2v) is 5.42. The zero-order valence-corrected chi connectivity index (χ0v) is 12.0. The second-order valence-electron chi connectivity index (χ2n) is 3.42. The van der Waals surface area contributed by atoms with Gasteiger partial charge in [-0.15, -0.1) is 0 Å². The van der Waals surface area contributed by atoms with Crippen molar-refractivity contribution >= 4 is 29.2 Å². The van der Waals surface area contributed by atoms with Crippen molar-refractivity contribution < 1.29 is 0 Å². The molecule has 0 unspecified atom stereocenters. The van der Waals surface area contributed by atoms with E-state index in [1.807, 2.05) is 6.92 Å². The Hall–Kier alpha value is -2.14. The van der Waals surface area contributed by atoms with E-state index < -0.39 is 0 Å². The Morgan fingerprint density at radius 3 is 2.95 bits per heavy atom. The lowest BCUT2D eigenvalue weighted by atomic mass is 10.7. The van der Waals surface area contributed by atoms with Crippen molar-refractivity contribution in [3.63, 3.8) is 0 Å². The highest BCUT2D eigenvalue weighted by atomic mass is 32.2. The second kappa shape index (κ2) is 5.88. The molecule has 102 valence electrons. The lowest BCUT2D eigenvalue weighted by Gasteiger charge is -2.05. The summed E-state index contributed by atoms with van der Waals surface area (Å²) in [6.45, 7) is 2.68. The molecular formula is C9H9N9S2. The molecule has 3 rings (SSSR count). The predicted molar refractivity (Wildman–Crippen MR) is 72.9 cm³/mol. The van der Waals surface area contributed by atoms with Crippen LogP contribution >= 0.6 is 23.3 Å². The normalized spacial score (nSPS) is 10.7. The Morgan fingerprint density at radius 1 is 1.30 bits per heavy atom. The first-order chi connectivity index (χ1) is 9.85. The molecule has 0 fully saturated rings. The van der Waals surface area contributed by atoms with E-state index in [0.717, 1.165) is 4.34 Å². The van der Waals surface area contributed by atoms with Crippen molar-refractivity contribution in [3.05, 3.63) is 19.0 Å². The van der Waals surface area contributed by atoms with Gasteiger partial charge in [0.2, 0.25) is 11.1 Å². The van der Waals surface area contributed by atoms with Crippen molar-refractivity contribution in [1.29, 1.82) is 0 Å². The van der Waals surface area contributed by atoms with Gasteiger partial charge in [0.15, 0.2) is 4.34 Å². The summed E-state index contributed by atoms with van der Waals surface area (Å²) in [5.41, 5.74) is 0. The zero-order chi connectivity index (χ0) is 13.8. The molecule has 0 bridgehead atoms. The minimum atomic E-state index is 0.403. The molecule has 0 aliphatic carbocycles. The Morgan fingerprint density at radius 2 is 2.25 bits per heavy atom. The minimum Gasteiger partial charge on any atom is -0.354 e. The smallest absolute Gasteiger partial charge is 0.257 e. The maximum atomic E-state index is 4.33. The van der Waals surface area contributed by atoms with Gasteiger partial charge in [-0.2, -0.15) is 29.1 Å². The first-order valence-electron chi connectivity index (χ1n) is 5.64. The van der Waals surface area contributed by atoms with Crippen LogP contribution in [0.15, 0.2) is 28.5 Å². The minimum absolute atomic E-state index is 0.403. The van der Waals surface area contributed by atoms with Crippen LogP contribution in [0.25, 0.3) is 5.95 Å². The molecule has 0 aliphatic rings. The van der Waals surface area contributed by atoms with Crippen LogP contribution in [-0.4, -0.2) is 45.6 Å². The van der Waals surface area contributed by atoms with Gasteiger partial charge >= 0.3 is 0 Å². The molecule has 3 heterocycles. The van der Waals surface area contributed by atoms with E-state index in [-0.39, 0.29) is 0 Å². The average molecular weight is 307 g/mol. The predicted octanol–water partition coefficient (Wildman–Crippen LogP) is 0.887. The van der Waals surface area contributed by atoms with Gasteiger partial charge in [-0.05, 0) is 30.2 Å². The third kappa shape index (κ3) is 2.88. The Labute approximate surface area is 122 Å². The number of hydrogen-bond acceptors (Lipinski definition) is 10. The van der Waals surface area contributed by atoms with Gasteiger partial charge < -0.3 is 5.32 Å². The van der Waals surface area contributed by atoms with E-state index in [9.17, 15) is 0 Å². The van der Waals surface area contributed by atoms with Crippen molar-refractivity contribution in [1.82, 2.24) is 39.1 Å². The topological polar surface area (TPSA) is 107 Å². The van der Waals surface area contributed by atoms with Gasteiger partial charge in [-0.3, -0.25) is 0 Å². The first kappa shape index (κ1) is 12.9. The first-order valence-corrected chi connectivity index (χ1v) is 7.23. The van der Waals surface area contributed by atoms with E-state index in [4.69, 9.17) is 0 Å². The van der Waals surface area contributed by atoms with E-state index >= 15 is 0 Å². The van der Waals surface area contributed by atoms with Gasteiger partial charge in [0.25, 0.3) is 5.95 Å². The van der Waals surface area contributed by atoms with Gasteiger partial charge in [-0.1, -0.05) is 0 Å². The number of nitrogens with zero attached hydrogens (tertiary/aromatic N) is 8. The zero-order valence-electron chi connectivity index (χ0n) is 10.3. The molecule has 0 spiro atoms. The number of nitrogens with one attached hydrogen (secondary N) is 1. The largest absolute Gasteiger partial charge is 0.354 e. The SMILES string of the molecule is CCNc1nc(Sc2ncns2)nc(-n2cncn2)n1. The molecule has 3 aromatic rings. The van der Waals surface area contributed by atoms with E-state index in [0.29, 0.717) is 23.6 Å². The molecule has 0 amide bonds. The highest BCUT2D eigenvalue weighted by molar-refractivity contribution is 8.00. The Balaban J connectivity index is 1.96. The quantitative estimate of drug-likeness (QED) is 0.735. The van der Waals surface area contributed by atoms with Crippen LogP contribution in [0.4, 0.5) is 5.95 Å². The lowest BCUT2D eigenvalue weighted by Crippen LogP contribution is -2.09. The summed E-state index contributed by atoms with van der Waals surface area (Å²) < 4.78 is 6.19. The molecule has 0 atom stereocenters. The van der Waals surface area contributed by atoms with Crippen LogP contribution in [0, 0.1) is 0 Å². The Kier molecular flexibility index (Phi) is 3.78.